The summed E-state index contributed by atoms with van der Waals surface area (Å²) in [6.07, 6.45) is 50.1. The summed E-state index contributed by atoms with van der Waals surface area (Å²) in [5.41, 5.74) is 5.47. The smallest absolute Gasteiger partial charge is 0.326 e. The van der Waals surface area contributed by atoms with Crippen LogP contribution in [0, 0.1) is 0 Å². The predicted octanol–water partition coefficient (Wildman–Crippen LogP) is 10.1. The zero-order valence-corrected chi connectivity index (χ0v) is 30.9. The lowest BCUT2D eigenvalue weighted by Crippen LogP contribution is -2.40. The number of carbonyl (C=O) groups is 3. The van der Waals surface area contributed by atoms with Crippen molar-refractivity contribution in [2.45, 2.75) is 135 Å². The summed E-state index contributed by atoms with van der Waals surface area (Å²) in [7, 11) is 0. The maximum absolute atomic E-state index is 12.6. The average molecular weight is 691 g/mol. The number of aliphatic carboxylic acids is 1. The van der Waals surface area contributed by atoms with Gasteiger partial charge in [0.2, 0.25) is 5.91 Å². The Kier molecular flexibility index (Phi) is 33.4. The highest BCUT2D eigenvalue weighted by Crippen LogP contribution is 2.12. The predicted molar refractivity (Wildman–Crippen MR) is 211 cm³/mol. The molecular formula is C43H66N2O5. The summed E-state index contributed by atoms with van der Waals surface area (Å²) in [6.45, 7) is 4.65. The number of carbonyl (C=O) groups excluding carboxylic acids is 2. The Morgan fingerprint density at radius 1 is 0.600 bits per heavy atom. The van der Waals surface area contributed by atoms with Gasteiger partial charge in [-0.1, -0.05) is 124 Å². The largest absolute Gasteiger partial charge is 0.480 e. The van der Waals surface area contributed by atoms with Gasteiger partial charge in [-0.05, 0) is 103 Å². The third kappa shape index (κ3) is 32.6. The van der Waals surface area contributed by atoms with Gasteiger partial charge < -0.3 is 20.9 Å². The number of amides is 1. The number of hydrogen-bond acceptors (Lipinski definition) is 5. The summed E-state index contributed by atoms with van der Waals surface area (Å²) in [5.74, 6) is -1.58. The molecule has 0 heterocycles. The van der Waals surface area contributed by atoms with Crippen molar-refractivity contribution in [2.24, 2.45) is 5.73 Å². The van der Waals surface area contributed by atoms with Crippen LogP contribution < -0.4 is 11.1 Å². The Morgan fingerprint density at radius 2 is 1.06 bits per heavy atom. The Labute approximate surface area is 303 Å². The topological polar surface area (TPSA) is 119 Å². The number of carboxylic acids is 1. The normalized spacial score (nSPS) is 14.0. The fraction of sp³-hybridized carbons (Fsp3) is 0.512. The zero-order chi connectivity index (χ0) is 36.8. The number of rotatable bonds is 31. The van der Waals surface area contributed by atoms with E-state index in [0.29, 0.717) is 32.2 Å². The summed E-state index contributed by atoms with van der Waals surface area (Å²) in [5, 5.41) is 11.9. The van der Waals surface area contributed by atoms with Gasteiger partial charge in [0.1, 0.15) is 12.1 Å². The third-order valence-electron chi connectivity index (χ3n) is 7.35. The molecular weight excluding hydrogens is 624 g/mol. The SMILES string of the molecule is CC/C=C\C/C=C\C/C=C\C/C=C\C/C=C\CC(=O)OC(/C=C\C/C=C\C/C=C\C/C=C\CC)CCCCCC(=O)NC(CCCN)C(=O)O. The maximum atomic E-state index is 12.6. The molecule has 278 valence electrons. The first-order valence-electron chi connectivity index (χ1n) is 18.7. The standard InChI is InChI=1S/C43H66N2O5/c1-3-5-7-9-11-13-15-16-17-18-20-22-24-26-31-37-42(47)50-39(33-28-25-23-21-19-14-12-10-8-6-4-2)34-29-27-30-36-41(46)45-40(43(48)49)35-32-38-44/h5-8,11-14,16-17,20-23,26,28,31,33,39-40H,3-4,9-10,15,18-19,24-25,27,29-30,32,34-38,44H2,1-2H3,(H,45,46)(H,48,49)/b7-5-,8-6-,13-11-,14-12-,17-16-,22-20-,23-21-,31-26-,33-28-. The summed E-state index contributed by atoms with van der Waals surface area (Å²) < 4.78 is 5.80. The average Bonchev–Trinajstić information content (AvgIpc) is 3.10. The number of carboxylic acid groups (broad SMARTS) is 1. The first-order chi connectivity index (χ1) is 24.4. The fourth-order valence-corrected chi connectivity index (χ4v) is 4.61. The van der Waals surface area contributed by atoms with E-state index in [4.69, 9.17) is 10.5 Å². The van der Waals surface area contributed by atoms with Crippen molar-refractivity contribution in [1.82, 2.24) is 5.32 Å². The van der Waals surface area contributed by atoms with Crippen LogP contribution >= 0.6 is 0 Å². The molecule has 0 spiro atoms. The highest BCUT2D eigenvalue weighted by Gasteiger charge is 2.19. The molecule has 1 amide bonds. The molecule has 0 fully saturated rings. The van der Waals surface area contributed by atoms with Crippen molar-refractivity contribution in [3.05, 3.63) is 109 Å². The van der Waals surface area contributed by atoms with E-state index >= 15 is 0 Å². The van der Waals surface area contributed by atoms with Crippen molar-refractivity contribution < 1.29 is 24.2 Å². The van der Waals surface area contributed by atoms with Crippen LogP contribution in [0.15, 0.2) is 109 Å². The lowest BCUT2D eigenvalue weighted by Gasteiger charge is -2.15. The number of ether oxygens (including phenoxy) is 1. The highest BCUT2D eigenvalue weighted by molar-refractivity contribution is 5.83. The summed E-state index contributed by atoms with van der Waals surface area (Å²) in [4.78, 5) is 36.3. The second-order valence-electron chi connectivity index (χ2n) is 11.9. The van der Waals surface area contributed by atoms with Crippen molar-refractivity contribution in [3.63, 3.8) is 0 Å². The molecule has 0 saturated heterocycles. The molecule has 0 aliphatic carbocycles. The van der Waals surface area contributed by atoms with E-state index < -0.39 is 12.0 Å². The zero-order valence-electron chi connectivity index (χ0n) is 30.9. The monoisotopic (exact) mass is 690 g/mol. The van der Waals surface area contributed by atoms with Gasteiger partial charge in [-0.15, -0.1) is 0 Å². The number of unbranched alkanes of at least 4 members (excludes halogenated alkanes) is 2. The first kappa shape index (κ1) is 46.0. The second-order valence-corrected chi connectivity index (χ2v) is 11.9. The summed E-state index contributed by atoms with van der Waals surface area (Å²) >= 11 is 0. The number of nitrogens with one attached hydrogen (secondary N) is 1. The van der Waals surface area contributed by atoms with Crippen LogP contribution in [-0.4, -0.2) is 41.6 Å². The minimum absolute atomic E-state index is 0.215. The van der Waals surface area contributed by atoms with Gasteiger partial charge in [0.25, 0.3) is 0 Å². The molecule has 2 unspecified atom stereocenters. The lowest BCUT2D eigenvalue weighted by atomic mass is 10.1. The van der Waals surface area contributed by atoms with Crippen molar-refractivity contribution in [2.75, 3.05) is 6.54 Å². The van der Waals surface area contributed by atoms with Crippen LogP contribution in [0.1, 0.15) is 123 Å². The molecule has 0 aliphatic rings. The van der Waals surface area contributed by atoms with Gasteiger partial charge in [0.15, 0.2) is 0 Å². The molecule has 0 saturated carbocycles. The minimum Gasteiger partial charge on any atom is -0.480 e. The van der Waals surface area contributed by atoms with Crippen LogP contribution in [0.4, 0.5) is 0 Å². The molecule has 50 heavy (non-hydrogen) atoms. The van der Waals surface area contributed by atoms with E-state index in [1.807, 2.05) is 24.3 Å². The number of hydrogen-bond donors (Lipinski definition) is 3. The van der Waals surface area contributed by atoms with E-state index in [9.17, 15) is 19.5 Å². The first-order valence-corrected chi connectivity index (χ1v) is 18.7. The molecule has 0 aromatic rings. The Hall–Kier alpha value is -3.97. The van der Waals surface area contributed by atoms with Crippen LogP contribution in [0.2, 0.25) is 0 Å². The van der Waals surface area contributed by atoms with E-state index in [-0.39, 0.29) is 30.8 Å². The second kappa shape index (κ2) is 36.3. The fourth-order valence-electron chi connectivity index (χ4n) is 4.61. The van der Waals surface area contributed by atoms with Gasteiger partial charge in [-0.3, -0.25) is 9.59 Å². The van der Waals surface area contributed by atoms with E-state index in [0.717, 1.165) is 70.6 Å². The van der Waals surface area contributed by atoms with Crippen molar-refractivity contribution >= 4 is 17.8 Å². The van der Waals surface area contributed by atoms with Gasteiger partial charge in [-0.2, -0.15) is 0 Å². The van der Waals surface area contributed by atoms with Gasteiger partial charge in [0.05, 0.1) is 6.42 Å². The quantitative estimate of drug-likeness (QED) is 0.0379. The van der Waals surface area contributed by atoms with Crippen molar-refractivity contribution in [3.8, 4) is 0 Å². The molecule has 0 bridgehead atoms. The number of allylic oxidation sites excluding steroid dienone is 16. The van der Waals surface area contributed by atoms with Crippen LogP contribution in [0.3, 0.4) is 0 Å². The maximum Gasteiger partial charge on any atom is 0.326 e. The van der Waals surface area contributed by atoms with Gasteiger partial charge >= 0.3 is 11.9 Å². The van der Waals surface area contributed by atoms with Crippen LogP contribution in [0.25, 0.3) is 0 Å². The minimum atomic E-state index is -1.04. The molecule has 0 rings (SSSR count). The van der Waals surface area contributed by atoms with Crippen LogP contribution in [0.5, 0.6) is 0 Å². The number of esters is 1. The van der Waals surface area contributed by atoms with E-state index in [2.05, 4.69) is 104 Å². The van der Waals surface area contributed by atoms with Crippen LogP contribution in [-0.2, 0) is 19.1 Å². The Morgan fingerprint density at radius 3 is 1.52 bits per heavy atom. The molecule has 2 atom stereocenters. The lowest BCUT2D eigenvalue weighted by molar-refractivity contribution is -0.146. The molecule has 0 aromatic heterocycles. The van der Waals surface area contributed by atoms with Gasteiger partial charge in [0, 0.05) is 6.42 Å². The Bertz CT molecular complexity index is 1140. The molecule has 7 heteroatoms. The third-order valence-corrected chi connectivity index (χ3v) is 7.35. The highest BCUT2D eigenvalue weighted by atomic mass is 16.5. The molecule has 0 aliphatic heterocycles. The molecule has 0 aromatic carbocycles. The summed E-state index contributed by atoms with van der Waals surface area (Å²) in [6, 6.07) is -0.907. The van der Waals surface area contributed by atoms with Gasteiger partial charge in [-0.25, -0.2) is 4.79 Å². The molecule has 7 nitrogen and oxygen atoms in total. The van der Waals surface area contributed by atoms with E-state index in [1.54, 1.807) is 0 Å². The Balaban J connectivity index is 4.72. The van der Waals surface area contributed by atoms with E-state index in [1.165, 1.54) is 0 Å². The number of nitrogens with two attached hydrogens (primary N) is 1. The van der Waals surface area contributed by atoms with Crippen molar-refractivity contribution in [1.29, 1.82) is 0 Å². The molecule has 0 radical (unpaired) electrons. The molecule has 4 N–H and O–H groups in total.